The number of ether oxygens (including phenoxy) is 1. The smallest absolute Gasteiger partial charge is 0.261 e. The summed E-state index contributed by atoms with van der Waals surface area (Å²) < 4.78 is 9.24. The van der Waals surface area contributed by atoms with Crippen molar-refractivity contribution in [1.82, 2.24) is 24.4 Å². The molecule has 0 saturated carbocycles. The third-order valence-electron chi connectivity index (χ3n) is 6.67. The molecule has 1 amide bonds. The number of aromatic nitrogens is 4. The van der Waals surface area contributed by atoms with E-state index in [1.165, 1.54) is 0 Å². The number of hydrogen-bond donors (Lipinski definition) is 1. The number of benzene rings is 2. The molecule has 3 heterocycles. The molecule has 35 heavy (non-hydrogen) atoms. The van der Waals surface area contributed by atoms with Gasteiger partial charge in [0.15, 0.2) is 0 Å². The van der Waals surface area contributed by atoms with E-state index in [1.807, 2.05) is 42.1 Å². The van der Waals surface area contributed by atoms with Gasteiger partial charge in [0, 0.05) is 43.5 Å². The van der Waals surface area contributed by atoms with E-state index in [1.54, 1.807) is 36.1 Å². The first-order valence-corrected chi connectivity index (χ1v) is 12.0. The van der Waals surface area contributed by atoms with Gasteiger partial charge < -0.3 is 14.6 Å². The standard InChI is InChI=1S/C27H29N5O3/c1-31-16-14-28-25(31)24(20-9-6-7-10-22(20)35-2)30-26(33)18-12-13-19-21(17-18)29-23-11-5-3-4-8-15-32(23)27(19)34/h6-7,9-10,12-14,16-17,24H,3-5,8,11,15H2,1-2H3,(H,30,33). The minimum atomic E-state index is -0.524. The first kappa shape index (κ1) is 22.8. The molecule has 0 saturated heterocycles. The summed E-state index contributed by atoms with van der Waals surface area (Å²) in [6, 6.07) is 12.2. The molecule has 0 aliphatic carbocycles. The number of hydrogen-bond acceptors (Lipinski definition) is 5. The van der Waals surface area contributed by atoms with Gasteiger partial charge in [-0.2, -0.15) is 0 Å². The molecule has 0 fully saturated rings. The quantitative estimate of drug-likeness (QED) is 0.478. The molecule has 2 aromatic carbocycles. The van der Waals surface area contributed by atoms with Crippen LogP contribution in [0, 0.1) is 0 Å². The Labute approximate surface area is 203 Å². The average molecular weight is 472 g/mol. The predicted molar refractivity (Wildman–Crippen MR) is 134 cm³/mol. The Kier molecular flexibility index (Phi) is 6.35. The number of para-hydroxylation sites is 1. The fraction of sp³-hybridized carbons (Fsp3) is 0.333. The predicted octanol–water partition coefficient (Wildman–Crippen LogP) is 3.77. The Hall–Kier alpha value is -3.94. The van der Waals surface area contributed by atoms with Gasteiger partial charge in [-0.15, -0.1) is 0 Å². The van der Waals surface area contributed by atoms with Crippen molar-refractivity contribution in [2.75, 3.05) is 7.11 Å². The molecule has 8 nitrogen and oxygen atoms in total. The molecule has 2 aromatic heterocycles. The van der Waals surface area contributed by atoms with Crippen molar-refractivity contribution in [1.29, 1.82) is 0 Å². The van der Waals surface area contributed by atoms with Gasteiger partial charge in [-0.05, 0) is 37.1 Å². The van der Waals surface area contributed by atoms with E-state index in [9.17, 15) is 9.59 Å². The summed E-state index contributed by atoms with van der Waals surface area (Å²) in [5, 5.41) is 3.65. The normalized spacial score (nSPS) is 14.6. The summed E-state index contributed by atoms with van der Waals surface area (Å²) >= 11 is 0. The third kappa shape index (κ3) is 4.43. The van der Waals surface area contributed by atoms with Gasteiger partial charge in [-0.1, -0.05) is 31.0 Å². The summed E-state index contributed by atoms with van der Waals surface area (Å²) in [6.07, 6.45) is 8.59. The first-order chi connectivity index (χ1) is 17.1. The van der Waals surface area contributed by atoms with Crippen LogP contribution < -0.4 is 15.6 Å². The number of imidazole rings is 1. The molecule has 0 spiro atoms. The highest BCUT2D eigenvalue weighted by molar-refractivity contribution is 5.98. The highest BCUT2D eigenvalue weighted by atomic mass is 16.5. The lowest BCUT2D eigenvalue weighted by Crippen LogP contribution is -2.31. The second-order valence-electron chi connectivity index (χ2n) is 8.93. The minimum absolute atomic E-state index is 0.0289. The zero-order valence-corrected chi connectivity index (χ0v) is 20.0. The third-order valence-corrected chi connectivity index (χ3v) is 6.67. The average Bonchev–Trinajstić information content (AvgIpc) is 3.28. The number of nitrogens with zero attached hydrogens (tertiary/aromatic N) is 4. The molecule has 1 aliphatic heterocycles. The Morgan fingerprint density at radius 2 is 1.94 bits per heavy atom. The summed E-state index contributed by atoms with van der Waals surface area (Å²) in [5.41, 5.74) is 1.77. The highest BCUT2D eigenvalue weighted by Crippen LogP contribution is 2.29. The Balaban J connectivity index is 1.52. The number of aryl methyl sites for hydroxylation is 2. The topological polar surface area (TPSA) is 91.0 Å². The second-order valence-corrected chi connectivity index (χ2v) is 8.93. The molecular formula is C27H29N5O3. The van der Waals surface area contributed by atoms with Gasteiger partial charge in [0.2, 0.25) is 0 Å². The number of nitrogens with one attached hydrogen (secondary N) is 1. The van der Waals surface area contributed by atoms with Gasteiger partial charge in [0.05, 0.1) is 18.0 Å². The van der Waals surface area contributed by atoms with Crippen molar-refractivity contribution >= 4 is 16.8 Å². The summed E-state index contributed by atoms with van der Waals surface area (Å²) in [5.74, 6) is 1.87. The van der Waals surface area contributed by atoms with E-state index < -0.39 is 6.04 Å². The van der Waals surface area contributed by atoms with Crippen molar-refractivity contribution in [3.63, 3.8) is 0 Å². The molecule has 5 rings (SSSR count). The molecule has 8 heteroatoms. The largest absolute Gasteiger partial charge is 0.496 e. The fourth-order valence-corrected chi connectivity index (χ4v) is 4.79. The Morgan fingerprint density at radius 1 is 1.11 bits per heavy atom. The maximum absolute atomic E-state index is 13.5. The van der Waals surface area contributed by atoms with Gasteiger partial charge >= 0.3 is 0 Å². The molecule has 1 N–H and O–H groups in total. The molecule has 0 radical (unpaired) electrons. The molecule has 4 aromatic rings. The number of fused-ring (bicyclic) bond motifs is 2. The van der Waals surface area contributed by atoms with Crippen LogP contribution >= 0.6 is 0 Å². The Bertz CT molecular complexity index is 1440. The number of amides is 1. The van der Waals surface area contributed by atoms with Gasteiger partial charge in [-0.25, -0.2) is 9.97 Å². The van der Waals surface area contributed by atoms with Gasteiger partial charge in [-0.3, -0.25) is 14.2 Å². The van der Waals surface area contributed by atoms with Crippen LogP contribution in [-0.2, 0) is 20.0 Å². The Morgan fingerprint density at radius 3 is 2.74 bits per heavy atom. The van der Waals surface area contributed by atoms with Crippen LogP contribution in [0.3, 0.4) is 0 Å². The van der Waals surface area contributed by atoms with E-state index in [4.69, 9.17) is 9.72 Å². The van der Waals surface area contributed by atoms with Crippen LogP contribution in [0.2, 0.25) is 0 Å². The van der Waals surface area contributed by atoms with E-state index in [-0.39, 0.29) is 11.5 Å². The van der Waals surface area contributed by atoms with Crippen LogP contribution in [0.25, 0.3) is 10.9 Å². The highest BCUT2D eigenvalue weighted by Gasteiger charge is 2.25. The lowest BCUT2D eigenvalue weighted by atomic mass is 10.0. The number of methoxy groups -OCH3 is 1. The van der Waals surface area contributed by atoms with E-state index >= 15 is 0 Å². The molecule has 1 aliphatic rings. The van der Waals surface area contributed by atoms with Crippen LogP contribution in [-0.4, -0.2) is 32.1 Å². The van der Waals surface area contributed by atoms with Crippen molar-refractivity contribution in [2.24, 2.45) is 7.05 Å². The van der Waals surface area contributed by atoms with Crippen molar-refractivity contribution in [2.45, 2.75) is 44.7 Å². The zero-order valence-electron chi connectivity index (χ0n) is 20.0. The van der Waals surface area contributed by atoms with Crippen LogP contribution in [0.4, 0.5) is 0 Å². The lowest BCUT2D eigenvalue weighted by molar-refractivity contribution is 0.0941. The molecule has 0 bridgehead atoms. The number of carbonyl (C=O) groups is 1. The van der Waals surface area contributed by atoms with Crippen molar-refractivity contribution in [3.05, 3.63) is 88.0 Å². The maximum Gasteiger partial charge on any atom is 0.261 e. The summed E-state index contributed by atoms with van der Waals surface area (Å²) in [7, 11) is 3.49. The van der Waals surface area contributed by atoms with E-state index in [0.29, 0.717) is 34.6 Å². The SMILES string of the molecule is COc1ccccc1C(NC(=O)c1ccc2c(=O)n3c(nc2c1)CCCCCC3)c1nccn1C. The molecule has 180 valence electrons. The van der Waals surface area contributed by atoms with Crippen molar-refractivity contribution < 1.29 is 9.53 Å². The van der Waals surface area contributed by atoms with Crippen LogP contribution in [0.15, 0.2) is 59.7 Å². The van der Waals surface area contributed by atoms with Gasteiger partial charge in [0.25, 0.3) is 11.5 Å². The van der Waals surface area contributed by atoms with E-state index in [2.05, 4.69) is 10.3 Å². The molecule has 1 atom stereocenters. The summed E-state index contributed by atoms with van der Waals surface area (Å²) in [6.45, 7) is 0.698. The maximum atomic E-state index is 13.5. The first-order valence-electron chi connectivity index (χ1n) is 12.0. The second kappa shape index (κ2) is 9.74. The van der Waals surface area contributed by atoms with Gasteiger partial charge in [0.1, 0.15) is 23.4 Å². The van der Waals surface area contributed by atoms with Crippen molar-refractivity contribution in [3.8, 4) is 5.75 Å². The van der Waals surface area contributed by atoms with Crippen LogP contribution in [0.5, 0.6) is 5.75 Å². The number of rotatable bonds is 5. The summed E-state index contributed by atoms with van der Waals surface area (Å²) in [4.78, 5) is 35.9. The lowest BCUT2D eigenvalue weighted by Gasteiger charge is -2.21. The van der Waals surface area contributed by atoms with Crippen LogP contribution in [0.1, 0.15) is 59.3 Å². The number of carbonyl (C=O) groups excluding carboxylic acids is 1. The van der Waals surface area contributed by atoms with E-state index in [0.717, 1.165) is 43.5 Å². The zero-order chi connectivity index (χ0) is 24.4. The monoisotopic (exact) mass is 471 g/mol. The molecule has 1 unspecified atom stereocenters. The molecular weight excluding hydrogens is 442 g/mol. The minimum Gasteiger partial charge on any atom is -0.496 e. The fourth-order valence-electron chi connectivity index (χ4n) is 4.79.